The van der Waals surface area contributed by atoms with Crippen LogP contribution in [0.3, 0.4) is 0 Å². The second kappa shape index (κ2) is 7.17. The van der Waals surface area contributed by atoms with Crippen LogP contribution < -0.4 is 14.8 Å². The summed E-state index contributed by atoms with van der Waals surface area (Å²) in [4.78, 5) is 0. The van der Waals surface area contributed by atoms with E-state index in [1.165, 1.54) is 16.7 Å². The minimum Gasteiger partial charge on any atom is -0.493 e. The van der Waals surface area contributed by atoms with E-state index in [2.05, 4.69) is 48.6 Å². The molecule has 1 aliphatic carbocycles. The molecule has 0 radical (unpaired) electrons. The van der Waals surface area contributed by atoms with Gasteiger partial charge in [0.2, 0.25) is 0 Å². The van der Waals surface area contributed by atoms with Crippen molar-refractivity contribution in [3.8, 4) is 11.5 Å². The molecule has 2 aromatic carbocycles. The van der Waals surface area contributed by atoms with Gasteiger partial charge in [0, 0.05) is 37.3 Å². The average Bonchev–Trinajstić information content (AvgIpc) is 3.25. The first kappa shape index (κ1) is 18.3. The Balaban J connectivity index is 1.59. The molecule has 2 aliphatic rings. The maximum atomic E-state index is 10.3. The van der Waals surface area contributed by atoms with Gasteiger partial charge >= 0.3 is 0 Å². The van der Waals surface area contributed by atoms with E-state index < -0.39 is 0 Å². The van der Waals surface area contributed by atoms with Crippen LogP contribution in [0.1, 0.15) is 36.5 Å². The number of aliphatic hydroxyl groups is 1. The summed E-state index contributed by atoms with van der Waals surface area (Å²) in [5, 5.41) is 13.8. The summed E-state index contributed by atoms with van der Waals surface area (Å²) < 4.78 is 12.0. The van der Waals surface area contributed by atoms with Crippen molar-refractivity contribution < 1.29 is 14.6 Å². The van der Waals surface area contributed by atoms with Gasteiger partial charge in [0.15, 0.2) is 11.5 Å². The van der Waals surface area contributed by atoms with Crippen LogP contribution >= 0.6 is 0 Å². The molecule has 1 saturated heterocycles. The van der Waals surface area contributed by atoms with Crippen LogP contribution in [0.5, 0.6) is 11.5 Å². The zero-order valence-electron chi connectivity index (χ0n) is 16.4. The van der Waals surface area contributed by atoms with Gasteiger partial charge < -0.3 is 19.9 Å². The largest absolute Gasteiger partial charge is 0.493 e. The third kappa shape index (κ3) is 3.32. The highest BCUT2D eigenvalue weighted by Crippen LogP contribution is 2.44. The number of ether oxygens (including phenoxy) is 2. The Morgan fingerprint density at radius 3 is 2.44 bits per heavy atom. The lowest BCUT2D eigenvalue weighted by Crippen LogP contribution is -2.36. The monoisotopic (exact) mass is 367 g/mol. The molecule has 0 bridgehead atoms. The van der Waals surface area contributed by atoms with Crippen molar-refractivity contribution in [2.45, 2.75) is 44.8 Å². The van der Waals surface area contributed by atoms with Crippen molar-refractivity contribution in [2.24, 2.45) is 5.41 Å². The molecule has 0 aromatic heterocycles. The summed E-state index contributed by atoms with van der Waals surface area (Å²) in [5.74, 6) is 1.80. The summed E-state index contributed by atoms with van der Waals surface area (Å²) in [7, 11) is 1.68. The van der Waals surface area contributed by atoms with Crippen molar-refractivity contribution in [1.82, 2.24) is 5.32 Å². The number of benzene rings is 2. The second-order valence-electron chi connectivity index (χ2n) is 8.19. The molecule has 1 fully saturated rings. The Kier molecular flexibility index (Phi) is 4.87. The van der Waals surface area contributed by atoms with Crippen LogP contribution in [-0.4, -0.2) is 37.5 Å². The van der Waals surface area contributed by atoms with E-state index in [4.69, 9.17) is 9.47 Å². The maximum absolute atomic E-state index is 10.3. The van der Waals surface area contributed by atoms with Crippen LogP contribution in [0.15, 0.2) is 42.5 Å². The number of nitrogens with one attached hydrogen (secondary N) is 1. The fourth-order valence-corrected chi connectivity index (χ4v) is 4.56. The first-order valence-electron chi connectivity index (χ1n) is 9.81. The Morgan fingerprint density at radius 1 is 1.11 bits per heavy atom. The molecule has 2 N–H and O–H groups in total. The first-order valence-corrected chi connectivity index (χ1v) is 9.81. The predicted molar refractivity (Wildman–Crippen MR) is 107 cm³/mol. The smallest absolute Gasteiger partial charge is 0.161 e. The average molecular weight is 367 g/mol. The molecule has 0 amide bonds. The van der Waals surface area contributed by atoms with Gasteiger partial charge in [-0.15, -0.1) is 0 Å². The van der Waals surface area contributed by atoms with Crippen molar-refractivity contribution in [2.75, 3.05) is 20.2 Å². The van der Waals surface area contributed by atoms with E-state index >= 15 is 0 Å². The fraction of sp³-hybridized carbons (Fsp3) is 0.478. The van der Waals surface area contributed by atoms with Gasteiger partial charge in [0.1, 0.15) is 6.10 Å². The van der Waals surface area contributed by atoms with E-state index in [0.29, 0.717) is 0 Å². The van der Waals surface area contributed by atoms with E-state index in [1.807, 2.05) is 13.0 Å². The fourth-order valence-electron chi connectivity index (χ4n) is 4.56. The highest BCUT2D eigenvalue weighted by atomic mass is 16.5. The topological polar surface area (TPSA) is 50.7 Å². The van der Waals surface area contributed by atoms with Gasteiger partial charge in [0.05, 0.1) is 13.2 Å². The predicted octanol–water partition coefficient (Wildman–Crippen LogP) is 3.32. The lowest BCUT2D eigenvalue weighted by Gasteiger charge is -2.34. The summed E-state index contributed by atoms with van der Waals surface area (Å²) in [6.07, 6.45) is 1.62. The van der Waals surface area contributed by atoms with Gasteiger partial charge in [0.25, 0.3) is 0 Å². The van der Waals surface area contributed by atoms with Crippen molar-refractivity contribution in [1.29, 1.82) is 0 Å². The minimum atomic E-state index is -0.381. The summed E-state index contributed by atoms with van der Waals surface area (Å²) in [5.41, 5.74) is 3.75. The van der Waals surface area contributed by atoms with Gasteiger partial charge in [-0.2, -0.15) is 0 Å². The van der Waals surface area contributed by atoms with Crippen molar-refractivity contribution >= 4 is 0 Å². The molecule has 0 unspecified atom stereocenters. The molecule has 2 aromatic rings. The van der Waals surface area contributed by atoms with Crippen LogP contribution in [0, 0.1) is 5.41 Å². The molecule has 0 spiro atoms. The van der Waals surface area contributed by atoms with Gasteiger partial charge in [-0.1, -0.05) is 37.3 Å². The molecule has 4 rings (SSSR count). The number of fused-ring (bicyclic) bond motifs is 1. The lowest BCUT2D eigenvalue weighted by molar-refractivity contribution is 0.0548. The molecular formula is C23H29NO3. The second-order valence-corrected chi connectivity index (χ2v) is 8.19. The number of aliphatic hydroxyl groups excluding tert-OH is 1. The normalized spacial score (nSPS) is 26.0. The molecule has 4 heteroatoms. The van der Waals surface area contributed by atoms with E-state index in [9.17, 15) is 5.11 Å². The Labute approximate surface area is 161 Å². The van der Waals surface area contributed by atoms with Crippen LogP contribution in [0.2, 0.25) is 0 Å². The molecule has 0 saturated carbocycles. The van der Waals surface area contributed by atoms with E-state index in [1.54, 1.807) is 7.11 Å². The van der Waals surface area contributed by atoms with Crippen molar-refractivity contribution in [3.63, 3.8) is 0 Å². The SMILES string of the molecule is COc1ccc([C@H]2CNC[C@@]2(C)[C@@H](C)O)cc1OC1Cc2ccccc2C1. The Hall–Kier alpha value is -2.04. The van der Waals surface area contributed by atoms with Crippen molar-refractivity contribution in [3.05, 3.63) is 59.2 Å². The molecular weight excluding hydrogens is 338 g/mol. The highest BCUT2D eigenvalue weighted by molar-refractivity contribution is 5.45. The highest BCUT2D eigenvalue weighted by Gasteiger charge is 2.43. The summed E-state index contributed by atoms with van der Waals surface area (Å²) in [6.45, 7) is 5.72. The zero-order chi connectivity index (χ0) is 19.0. The van der Waals surface area contributed by atoms with Gasteiger partial charge in [-0.05, 0) is 35.7 Å². The third-order valence-electron chi connectivity index (χ3n) is 6.50. The molecule has 1 heterocycles. The molecule has 4 nitrogen and oxygen atoms in total. The number of rotatable bonds is 5. The molecule has 3 atom stereocenters. The number of hydrogen-bond donors (Lipinski definition) is 2. The zero-order valence-corrected chi connectivity index (χ0v) is 16.4. The minimum absolute atomic E-state index is 0.136. The number of hydrogen-bond acceptors (Lipinski definition) is 4. The quantitative estimate of drug-likeness (QED) is 0.851. The van der Waals surface area contributed by atoms with Gasteiger partial charge in [-0.25, -0.2) is 0 Å². The van der Waals surface area contributed by atoms with Crippen LogP contribution in [0.25, 0.3) is 0 Å². The van der Waals surface area contributed by atoms with Gasteiger partial charge in [-0.3, -0.25) is 0 Å². The molecule has 1 aliphatic heterocycles. The van der Waals surface area contributed by atoms with Crippen LogP contribution in [-0.2, 0) is 12.8 Å². The van der Waals surface area contributed by atoms with Crippen LogP contribution in [0.4, 0.5) is 0 Å². The molecule has 27 heavy (non-hydrogen) atoms. The standard InChI is InChI=1S/C23H29NO3/c1-15(25)23(2)14-24-13-20(23)18-8-9-21(26-3)22(12-18)27-19-10-16-6-4-5-7-17(16)11-19/h4-9,12,15,19-20,24-25H,10-11,13-14H2,1-3H3/t15-,20-,23+/m1/s1. The number of methoxy groups -OCH3 is 1. The molecule has 144 valence electrons. The summed E-state index contributed by atoms with van der Waals surface area (Å²) in [6, 6.07) is 14.8. The lowest BCUT2D eigenvalue weighted by atomic mass is 9.72. The van der Waals surface area contributed by atoms with E-state index in [0.717, 1.165) is 37.4 Å². The summed E-state index contributed by atoms with van der Waals surface area (Å²) >= 11 is 0. The first-order chi connectivity index (χ1) is 13.0. The Morgan fingerprint density at radius 2 is 1.81 bits per heavy atom. The third-order valence-corrected chi connectivity index (χ3v) is 6.50. The Bertz CT molecular complexity index is 794. The van der Waals surface area contributed by atoms with E-state index in [-0.39, 0.29) is 23.5 Å². The maximum Gasteiger partial charge on any atom is 0.161 e.